The Labute approximate surface area is 188 Å². The largest absolute Gasteiger partial charge is 0.347 e. The maximum atomic E-state index is 12.6. The van der Waals surface area contributed by atoms with Crippen molar-refractivity contribution in [1.82, 2.24) is 15.1 Å². The van der Waals surface area contributed by atoms with E-state index in [1.807, 2.05) is 47.2 Å². The molecule has 1 N–H and O–H groups in total. The molecule has 0 bridgehead atoms. The van der Waals surface area contributed by atoms with Crippen LogP contribution in [0.2, 0.25) is 5.02 Å². The molecule has 28 heavy (non-hydrogen) atoms. The molecule has 0 spiro atoms. The molecule has 2 aromatic rings. The normalized spacial score (nSPS) is 13.4. The van der Waals surface area contributed by atoms with Crippen LogP contribution in [0, 0.1) is 0 Å². The number of aliphatic imine (C=N–C) groups is 1. The number of amides is 1. The fraction of sp³-hybridized carbons (Fsp3) is 0.333. The molecule has 7 heteroatoms. The minimum absolute atomic E-state index is 0. The van der Waals surface area contributed by atoms with Crippen molar-refractivity contribution in [2.24, 2.45) is 4.99 Å². The molecular weight excluding hydrogens is 487 g/mol. The maximum Gasteiger partial charge on any atom is 0.242 e. The van der Waals surface area contributed by atoms with Crippen LogP contribution in [0.5, 0.6) is 0 Å². The number of halogens is 2. The van der Waals surface area contributed by atoms with E-state index in [1.165, 1.54) is 11.1 Å². The van der Waals surface area contributed by atoms with Gasteiger partial charge in [0.2, 0.25) is 5.91 Å². The van der Waals surface area contributed by atoms with Crippen LogP contribution in [0.1, 0.15) is 16.7 Å². The van der Waals surface area contributed by atoms with Gasteiger partial charge in [-0.15, -0.1) is 24.0 Å². The van der Waals surface area contributed by atoms with E-state index in [4.69, 9.17) is 11.6 Å². The van der Waals surface area contributed by atoms with Gasteiger partial charge in [0, 0.05) is 38.8 Å². The van der Waals surface area contributed by atoms with Gasteiger partial charge in [-0.1, -0.05) is 54.1 Å². The van der Waals surface area contributed by atoms with Crippen LogP contribution < -0.4 is 5.32 Å². The Hall–Kier alpha value is -1.80. The van der Waals surface area contributed by atoms with Crippen LogP contribution in [-0.2, 0) is 24.3 Å². The molecule has 0 fully saturated rings. The molecule has 0 saturated carbocycles. The third-order valence-corrected chi connectivity index (χ3v) is 5.19. The van der Waals surface area contributed by atoms with Gasteiger partial charge in [0.15, 0.2) is 5.96 Å². The van der Waals surface area contributed by atoms with E-state index in [9.17, 15) is 4.79 Å². The second kappa shape index (κ2) is 10.7. The number of fused-ring (bicyclic) bond motifs is 1. The number of rotatable bonds is 4. The van der Waals surface area contributed by atoms with Crippen LogP contribution >= 0.6 is 35.6 Å². The number of hydrogen-bond acceptors (Lipinski definition) is 2. The highest BCUT2D eigenvalue weighted by molar-refractivity contribution is 14.0. The van der Waals surface area contributed by atoms with Crippen molar-refractivity contribution in [2.75, 3.05) is 27.2 Å². The molecule has 0 aliphatic carbocycles. The Morgan fingerprint density at radius 1 is 1.18 bits per heavy atom. The number of benzene rings is 2. The second-order valence-electron chi connectivity index (χ2n) is 6.68. The fourth-order valence-corrected chi connectivity index (χ4v) is 3.51. The van der Waals surface area contributed by atoms with Gasteiger partial charge in [0.25, 0.3) is 0 Å². The minimum Gasteiger partial charge on any atom is -0.347 e. The molecule has 0 radical (unpaired) electrons. The molecule has 150 valence electrons. The zero-order chi connectivity index (χ0) is 19.2. The van der Waals surface area contributed by atoms with E-state index in [2.05, 4.69) is 28.5 Å². The van der Waals surface area contributed by atoms with Gasteiger partial charge in [-0.3, -0.25) is 9.79 Å². The number of nitrogens with zero attached hydrogens (tertiary/aromatic N) is 3. The number of guanidine groups is 1. The summed E-state index contributed by atoms with van der Waals surface area (Å²) in [6.45, 7) is 2.27. The highest BCUT2D eigenvalue weighted by Crippen LogP contribution is 2.18. The summed E-state index contributed by atoms with van der Waals surface area (Å²) in [4.78, 5) is 20.8. The molecular formula is C21H26ClIN4O. The second-order valence-corrected chi connectivity index (χ2v) is 7.09. The molecule has 1 aliphatic heterocycles. The first-order valence-corrected chi connectivity index (χ1v) is 9.46. The van der Waals surface area contributed by atoms with Gasteiger partial charge < -0.3 is 15.1 Å². The van der Waals surface area contributed by atoms with Gasteiger partial charge in [-0.05, 0) is 29.2 Å². The first kappa shape index (κ1) is 22.5. The average molecular weight is 513 g/mol. The van der Waals surface area contributed by atoms with Crippen molar-refractivity contribution < 1.29 is 4.79 Å². The summed E-state index contributed by atoms with van der Waals surface area (Å²) < 4.78 is 0. The fourth-order valence-electron chi connectivity index (χ4n) is 3.32. The van der Waals surface area contributed by atoms with Crippen molar-refractivity contribution in [3.63, 3.8) is 0 Å². The molecule has 1 aliphatic rings. The third kappa shape index (κ3) is 5.61. The predicted molar refractivity (Wildman–Crippen MR) is 125 cm³/mol. The summed E-state index contributed by atoms with van der Waals surface area (Å²) in [5, 5.41) is 3.90. The number of nitrogens with one attached hydrogen (secondary N) is 1. The lowest BCUT2D eigenvalue weighted by atomic mass is 10.00. The van der Waals surface area contributed by atoms with E-state index in [1.54, 1.807) is 7.05 Å². The Bertz CT molecular complexity index is 843. The van der Waals surface area contributed by atoms with E-state index in [0.29, 0.717) is 19.0 Å². The molecule has 3 rings (SSSR count). The molecule has 0 atom stereocenters. The monoisotopic (exact) mass is 512 g/mol. The van der Waals surface area contributed by atoms with Crippen molar-refractivity contribution in [3.05, 3.63) is 70.2 Å². The summed E-state index contributed by atoms with van der Waals surface area (Å²) >= 11 is 6.24. The molecule has 1 heterocycles. The zero-order valence-corrected chi connectivity index (χ0v) is 19.3. The van der Waals surface area contributed by atoms with E-state index in [0.717, 1.165) is 23.6 Å². The maximum absolute atomic E-state index is 12.6. The van der Waals surface area contributed by atoms with Crippen LogP contribution in [0.25, 0.3) is 0 Å². The quantitative estimate of drug-likeness (QED) is 0.387. The standard InChI is InChI=1S/C21H25ClN4O.HI/c1-23-21(25(2)14-18-9-5-6-10-19(18)22)24-13-20(27)26-12-11-16-7-3-4-8-17(16)15-26;/h3-10H,11-15H2,1-2H3,(H,23,24);1H. The summed E-state index contributed by atoms with van der Waals surface area (Å²) in [6, 6.07) is 16.0. The molecule has 5 nitrogen and oxygen atoms in total. The number of hydrogen-bond donors (Lipinski definition) is 1. The zero-order valence-electron chi connectivity index (χ0n) is 16.2. The van der Waals surface area contributed by atoms with Crippen LogP contribution in [0.15, 0.2) is 53.5 Å². The first-order valence-electron chi connectivity index (χ1n) is 9.08. The van der Waals surface area contributed by atoms with Crippen molar-refractivity contribution >= 4 is 47.4 Å². The summed E-state index contributed by atoms with van der Waals surface area (Å²) in [7, 11) is 3.65. The molecule has 0 unspecified atom stereocenters. The molecule has 0 saturated heterocycles. The summed E-state index contributed by atoms with van der Waals surface area (Å²) in [5.41, 5.74) is 3.59. The first-order chi connectivity index (χ1) is 13.1. The molecule has 0 aromatic heterocycles. The Morgan fingerprint density at radius 3 is 2.57 bits per heavy atom. The van der Waals surface area contributed by atoms with Gasteiger partial charge in [-0.2, -0.15) is 0 Å². The van der Waals surface area contributed by atoms with Crippen LogP contribution in [0.4, 0.5) is 0 Å². The molecule has 2 aromatic carbocycles. The van der Waals surface area contributed by atoms with Crippen LogP contribution in [0.3, 0.4) is 0 Å². The predicted octanol–water partition coefficient (Wildman–Crippen LogP) is 3.55. The average Bonchev–Trinajstić information content (AvgIpc) is 2.69. The van der Waals surface area contributed by atoms with Gasteiger partial charge in [-0.25, -0.2) is 0 Å². The van der Waals surface area contributed by atoms with E-state index >= 15 is 0 Å². The van der Waals surface area contributed by atoms with Gasteiger partial charge in [0.05, 0.1) is 6.54 Å². The third-order valence-electron chi connectivity index (χ3n) is 4.82. The lowest BCUT2D eigenvalue weighted by molar-refractivity contribution is -0.130. The Balaban J connectivity index is 0.00000280. The topological polar surface area (TPSA) is 47.9 Å². The van der Waals surface area contributed by atoms with E-state index in [-0.39, 0.29) is 36.4 Å². The Kier molecular flexibility index (Phi) is 8.57. The lowest BCUT2D eigenvalue weighted by Crippen LogP contribution is -2.46. The summed E-state index contributed by atoms with van der Waals surface area (Å²) in [6.07, 6.45) is 0.906. The van der Waals surface area contributed by atoms with Gasteiger partial charge >= 0.3 is 0 Å². The van der Waals surface area contributed by atoms with Crippen molar-refractivity contribution in [3.8, 4) is 0 Å². The van der Waals surface area contributed by atoms with Crippen molar-refractivity contribution in [1.29, 1.82) is 0 Å². The summed E-state index contributed by atoms with van der Waals surface area (Å²) in [5.74, 6) is 0.748. The number of carbonyl (C=O) groups excluding carboxylic acids is 1. The highest BCUT2D eigenvalue weighted by Gasteiger charge is 2.20. The highest BCUT2D eigenvalue weighted by atomic mass is 127. The van der Waals surface area contributed by atoms with Crippen molar-refractivity contribution in [2.45, 2.75) is 19.5 Å². The SMILES string of the molecule is CN=C(NCC(=O)N1CCc2ccccc2C1)N(C)Cc1ccccc1Cl.I. The molecule has 1 amide bonds. The van der Waals surface area contributed by atoms with E-state index < -0.39 is 0 Å². The number of carbonyl (C=O) groups is 1. The Morgan fingerprint density at radius 2 is 1.86 bits per heavy atom. The van der Waals surface area contributed by atoms with Gasteiger partial charge in [0.1, 0.15) is 0 Å². The smallest absolute Gasteiger partial charge is 0.242 e. The lowest BCUT2D eigenvalue weighted by Gasteiger charge is -2.30. The minimum atomic E-state index is 0. The van der Waals surface area contributed by atoms with Crippen LogP contribution in [-0.4, -0.2) is 48.9 Å².